The van der Waals surface area contributed by atoms with Crippen LogP contribution in [0, 0.1) is 0 Å². The van der Waals surface area contributed by atoms with E-state index in [0.717, 1.165) is 0 Å². The Morgan fingerprint density at radius 1 is 1.38 bits per heavy atom. The Labute approximate surface area is 120 Å². The summed E-state index contributed by atoms with van der Waals surface area (Å²) >= 11 is 0. The summed E-state index contributed by atoms with van der Waals surface area (Å²) in [5.41, 5.74) is -2.03. The molecule has 1 aromatic heterocycles. The van der Waals surface area contributed by atoms with Crippen molar-refractivity contribution >= 4 is 0 Å². The molecule has 0 bridgehead atoms. The van der Waals surface area contributed by atoms with Crippen molar-refractivity contribution in [2.45, 2.75) is 50.6 Å². The van der Waals surface area contributed by atoms with E-state index in [-0.39, 0.29) is 6.61 Å². The average molecular weight is 298 g/mol. The van der Waals surface area contributed by atoms with Gasteiger partial charge in [0.05, 0.1) is 6.61 Å². The monoisotopic (exact) mass is 298 g/mol. The highest BCUT2D eigenvalue weighted by atomic mass is 16.8. The zero-order valence-corrected chi connectivity index (χ0v) is 12.0. The number of hydrogen-bond acceptors (Lipinski definition) is 6. The number of hydrogen-bond donors (Lipinski definition) is 2. The van der Waals surface area contributed by atoms with Crippen molar-refractivity contribution in [3.05, 3.63) is 33.1 Å². The molecule has 2 aliphatic rings. The molecule has 2 saturated heterocycles. The fourth-order valence-electron chi connectivity index (χ4n) is 3.13. The molecule has 116 valence electrons. The van der Waals surface area contributed by atoms with E-state index in [2.05, 4.69) is 4.98 Å². The second-order valence-electron chi connectivity index (χ2n) is 5.95. The number of fused-ring (bicyclic) bond motifs is 1. The lowest BCUT2D eigenvalue weighted by Crippen LogP contribution is -2.45. The van der Waals surface area contributed by atoms with E-state index < -0.39 is 41.1 Å². The second-order valence-corrected chi connectivity index (χ2v) is 5.95. The molecule has 2 aliphatic heterocycles. The minimum atomic E-state index is -0.945. The quantitative estimate of drug-likeness (QED) is 0.751. The van der Waals surface area contributed by atoms with E-state index in [1.807, 2.05) is 0 Å². The van der Waals surface area contributed by atoms with Crippen molar-refractivity contribution in [1.82, 2.24) is 9.55 Å². The van der Waals surface area contributed by atoms with Gasteiger partial charge in [0.1, 0.15) is 17.8 Å². The number of H-pyrrole nitrogens is 1. The molecule has 0 aliphatic carbocycles. The number of nitrogens with zero attached hydrogens (tertiary/aromatic N) is 1. The predicted octanol–water partition coefficient (Wildman–Crippen LogP) is -0.663. The van der Waals surface area contributed by atoms with E-state index in [1.54, 1.807) is 20.8 Å². The normalized spacial score (nSPS) is 37.6. The minimum absolute atomic E-state index is 0.256. The molecule has 3 heterocycles. The van der Waals surface area contributed by atoms with Gasteiger partial charge in [-0.15, -0.1) is 0 Å². The number of aromatic nitrogens is 2. The van der Waals surface area contributed by atoms with Gasteiger partial charge in [0.2, 0.25) is 0 Å². The zero-order chi connectivity index (χ0) is 15.4. The van der Waals surface area contributed by atoms with Crippen molar-refractivity contribution in [3.8, 4) is 0 Å². The van der Waals surface area contributed by atoms with Gasteiger partial charge in [-0.2, -0.15) is 0 Å². The van der Waals surface area contributed by atoms with Gasteiger partial charge in [-0.1, -0.05) is 0 Å². The van der Waals surface area contributed by atoms with E-state index in [1.165, 1.54) is 16.8 Å². The van der Waals surface area contributed by atoms with Crippen molar-refractivity contribution in [3.63, 3.8) is 0 Å². The van der Waals surface area contributed by atoms with E-state index in [4.69, 9.17) is 14.2 Å². The Bertz CT molecular complexity index is 665. The molecule has 2 N–H and O–H groups in total. The van der Waals surface area contributed by atoms with Gasteiger partial charge < -0.3 is 19.3 Å². The molecule has 8 nitrogen and oxygen atoms in total. The maximum absolute atomic E-state index is 12.0. The molecule has 0 spiro atoms. The van der Waals surface area contributed by atoms with Crippen molar-refractivity contribution in [2.24, 2.45) is 0 Å². The molecule has 3 rings (SSSR count). The highest BCUT2D eigenvalue weighted by Crippen LogP contribution is 2.50. The number of rotatable bonds is 2. The molecule has 0 radical (unpaired) electrons. The van der Waals surface area contributed by atoms with Crippen LogP contribution in [0.25, 0.3) is 0 Å². The molecule has 8 heteroatoms. The van der Waals surface area contributed by atoms with Crippen LogP contribution in [-0.4, -0.2) is 44.9 Å². The van der Waals surface area contributed by atoms with Crippen LogP contribution in [0.5, 0.6) is 0 Å². The van der Waals surface area contributed by atoms with Gasteiger partial charge in [-0.25, -0.2) is 4.79 Å². The summed E-state index contributed by atoms with van der Waals surface area (Å²) in [6.45, 7) is 5.04. The Morgan fingerprint density at radius 2 is 2.10 bits per heavy atom. The molecule has 1 unspecified atom stereocenters. The molecule has 21 heavy (non-hydrogen) atoms. The van der Waals surface area contributed by atoms with Crippen LogP contribution in [0.4, 0.5) is 0 Å². The van der Waals surface area contributed by atoms with E-state index in [9.17, 15) is 14.7 Å². The van der Waals surface area contributed by atoms with Gasteiger partial charge in [0.25, 0.3) is 5.56 Å². The van der Waals surface area contributed by atoms with Gasteiger partial charge in [-0.3, -0.25) is 14.3 Å². The fraction of sp³-hybridized carbons (Fsp3) is 0.692. The minimum Gasteiger partial charge on any atom is -0.394 e. The van der Waals surface area contributed by atoms with Gasteiger partial charge in [-0.05, 0) is 20.8 Å². The van der Waals surface area contributed by atoms with Crippen LogP contribution in [0.2, 0.25) is 0 Å². The molecule has 1 aromatic rings. The first kappa shape index (κ1) is 14.5. The molecular formula is C13H18N2O6. The SMILES string of the molecule is CC1(C)O[C@@H]2C(CO)O[C@@H](n3ccc(=O)[nH]c3=O)[C@]2(C)O1. The number of nitrogens with one attached hydrogen (secondary N) is 1. The number of aromatic amines is 1. The van der Waals surface area contributed by atoms with Crippen LogP contribution in [0.15, 0.2) is 21.9 Å². The third-order valence-electron chi connectivity index (χ3n) is 3.86. The lowest BCUT2D eigenvalue weighted by Gasteiger charge is -2.30. The topological polar surface area (TPSA) is 103 Å². The molecule has 0 amide bonds. The Kier molecular flexibility index (Phi) is 3.10. The van der Waals surface area contributed by atoms with Crippen LogP contribution in [0.1, 0.15) is 27.0 Å². The highest BCUT2D eigenvalue weighted by molar-refractivity contribution is 5.06. The Balaban J connectivity index is 2.07. The van der Waals surface area contributed by atoms with Gasteiger partial charge >= 0.3 is 5.69 Å². The largest absolute Gasteiger partial charge is 0.394 e. The number of aliphatic hydroxyl groups is 1. The Morgan fingerprint density at radius 3 is 2.71 bits per heavy atom. The summed E-state index contributed by atoms with van der Waals surface area (Å²) in [7, 11) is 0. The third kappa shape index (κ3) is 2.15. The highest BCUT2D eigenvalue weighted by Gasteiger charge is 2.64. The van der Waals surface area contributed by atoms with Crippen LogP contribution in [-0.2, 0) is 14.2 Å². The molecule has 0 saturated carbocycles. The lowest BCUT2D eigenvalue weighted by atomic mass is 9.96. The first-order valence-corrected chi connectivity index (χ1v) is 6.72. The maximum Gasteiger partial charge on any atom is 0.330 e. The maximum atomic E-state index is 12.0. The predicted molar refractivity (Wildman–Crippen MR) is 70.8 cm³/mol. The third-order valence-corrected chi connectivity index (χ3v) is 3.86. The van der Waals surface area contributed by atoms with E-state index >= 15 is 0 Å². The summed E-state index contributed by atoms with van der Waals surface area (Å²) in [6.07, 6.45) is -0.574. The van der Waals surface area contributed by atoms with Crippen LogP contribution in [0.3, 0.4) is 0 Å². The van der Waals surface area contributed by atoms with Crippen molar-refractivity contribution < 1.29 is 19.3 Å². The number of aliphatic hydroxyl groups excluding tert-OH is 1. The molecule has 2 fully saturated rings. The summed E-state index contributed by atoms with van der Waals surface area (Å²) in [5.74, 6) is -0.847. The average Bonchev–Trinajstić information content (AvgIpc) is 2.76. The number of ether oxygens (including phenoxy) is 3. The second kappa shape index (κ2) is 4.51. The Hall–Kier alpha value is -1.48. The molecule has 4 atom stereocenters. The smallest absolute Gasteiger partial charge is 0.330 e. The zero-order valence-electron chi connectivity index (χ0n) is 12.0. The van der Waals surface area contributed by atoms with Gasteiger partial charge in [0.15, 0.2) is 12.0 Å². The molecular weight excluding hydrogens is 280 g/mol. The standard InChI is InChI=1S/C13H18N2O6/c1-12(2)20-9-7(6-16)19-10(13(9,3)21-12)15-5-4-8(17)14-11(15)18/h4-5,7,9-10,16H,6H2,1-3H3,(H,14,17,18)/t7?,9-,10-,13-/m1/s1. The van der Waals surface area contributed by atoms with Crippen LogP contribution < -0.4 is 11.2 Å². The van der Waals surface area contributed by atoms with Crippen molar-refractivity contribution in [2.75, 3.05) is 6.61 Å². The lowest BCUT2D eigenvalue weighted by molar-refractivity contribution is -0.218. The van der Waals surface area contributed by atoms with E-state index in [0.29, 0.717) is 0 Å². The first-order chi connectivity index (χ1) is 9.77. The van der Waals surface area contributed by atoms with Crippen LogP contribution >= 0.6 is 0 Å². The summed E-state index contributed by atoms with van der Waals surface area (Å²) in [5, 5.41) is 9.47. The van der Waals surface area contributed by atoms with Gasteiger partial charge in [0, 0.05) is 12.3 Å². The summed E-state index contributed by atoms with van der Waals surface area (Å²) in [4.78, 5) is 25.3. The first-order valence-electron chi connectivity index (χ1n) is 6.72. The summed E-state index contributed by atoms with van der Waals surface area (Å²) < 4.78 is 18.7. The fourth-order valence-corrected chi connectivity index (χ4v) is 3.13. The van der Waals surface area contributed by atoms with Crippen molar-refractivity contribution in [1.29, 1.82) is 0 Å². The summed E-state index contributed by atoms with van der Waals surface area (Å²) in [6, 6.07) is 1.23. The molecule has 0 aromatic carbocycles.